The Kier molecular flexibility index (Phi) is 9.29. The summed E-state index contributed by atoms with van der Waals surface area (Å²) in [6.07, 6.45) is 0.961. The van der Waals surface area contributed by atoms with Crippen molar-refractivity contribution in [2.24, 2.45) is 0 Å². The second kappa shape index (κ2) is 11.0. The minimum atomic E-state index is -0.428. The van der Waals surface area contributed by atoms with Gasteiger partial charge in [0.2, 0.25) is 5.91 Å². The first-order valence-corrected chi connectivity index (χ1v) is 9.51. The van der Waals surface area contributed by atoms with Gasteiger partial charge < -0.3 is 15.4 Å². The van der Waals surface area contributed by atoms with Crippen LogP contribution in [0.25, 0.3) is 0 Å². The second-order valence-electron chi connectivity index (χ2n) is 5.07. The molecule has 0 aromatic carbocycles. The van der Waals surface area contributed by atoms with Crippen LogP contribution >= 0.6 is 22.7 Å². The molecule has 1 unspecified atom stereocenters. The first-order chi connectivity index (χ1) is 11.5. The molecule has 0 bridgehead atoms. The number of nitrogens with one attached hydrogen (secondary N) is 2. The summed E-state index contributed by atoms with van der Waals surface area (Å²) in [4.78, 5) is 24.0. The lowest BCUT2D eigenvalue weighted by atomic mass is 10.2. The van der Waals surface area contributed by atoms with Gasteiger partial charge in [-0.05, 0) is 48.5 Å². The number of methoxy groups -OCH3 is 1. The molecular formula is C17H24N2O3S2. The van der Waals surface area contributed by atoms with E-state index in [0.29, 0.717) is 10.6 Å². The third-order valence-electron chi connectivity index (χ3n) is 3.11. The first-order valence-electron chi connectivity index (χ1n) is 7.69. The zero-order valence-corrected chi connectivity index (χ0v) is 16.1. The standard InChI is InChI=1S/C13H20N2O3S.C4H4S/c1-5-6-14-9(3)12(16)15-10-8(2)7-19-11(10)13(17)18-4;1-2-4-5-3-1/h7,9,14H,5-6H2,1-4H3,(H,15,16);1-4H. The smallest absolute Gasteiger partial charge is 0.350 e. The zero-order chi connectivity index (χ0) is 17.9. The summed E-state index contributed by atoms with van der Waals surface area (Å²) in [5.41, 5.74) is 1.41. The Hall–Kier alpha value is -1.70. The van der Waals surface area contributed by atoms with Crippen molar-refractivity contribution in [2.45, 2.75) is 33.2 Å². The monoisotopic (exact) mass is 368 g/mol. The minimum absolute atomic E-state index is 0.153. The van der Waals surface area contributed by atoms with Crippen LogP contribution < -0.4 is 10.6 Å². The molecule has 2 heterocycles. The quantitative estimate of drug-likeness (QED) is 0.759. The van der Waals surface area contributed by atoms with E-state index in [1.54, 1.807) is 18.3 Å². The van der Waals surface area contributed by atoms with E-state index in [9.17, 15) is 9.59 Å². The number of ether oxygens (including phenoxy) is 1. The molecule has 0 fully saturated rings. The molecule has 0 saturated heterocycles. The average Bonchev–Trinajstić information content (AvgIpc) is 3.26. The van der Waals surface area contributed by atoms with Gasteiger partial charge in [-0.1, -0.05) is 19.1 Å². The molecule has 0 aliphatic carbocycles. The summed E-state index contributed by atoms with van der Waals surface area (Å²) in [5.74, 6) is -0.581. The predicted molar refractivity (Wildman–Crippen MR) is 101 cm³/mol. The molecule has 5 nitrogen and oxygen atoms in total. The van der Waals surface area contributed by atoms with Crippen LogP contribution in [0.5, 0.6) is 0 Å². The zero-order valence-electron chi connectivity index (χ0n) is 14.4. The fraction of sp³-hybridized carbons (Fsp3) is 0.412. The van der Waals surface area contributed by atoms with Crippen molar-refractivity contribution in [1.82, 2.24) is 5.32 Å². The van der Waals surface area contributed by atoms with Gasteiger partial charge in [0.1, 0.15) is 4.88 Å². The van der Waals surface area contributed by atoms with Crippen LogP contribution in [-0.2, 0) is 9.53 Å². The van der Waals surface area contributed by atoms with Gasteiger partial charge in [-0.2, -0.15) is 11.3 Å². The van der Waals surface area contributed by atoms with Gasteiger partial charge in [0.25, 0.3) is 0 Å². The maximum atomic E-state index is 12.0. The third-order valence-corrected chi connectivity index (χ3v) is 4.82. The molecule has 1 atom stereocenters. The number of esters is 1. The summed E-state index contributed by atoms with van der Waals surface area (Å²) in [6, 6.07) is 3.74. The molecule has 1 amide bonds. The third kappa shape index (κ3) is 6.43. The van der Waals surface area contributed by atoms with E-state index in [1.165, 1.54) is 18.4 Å². The number of carbonyl (C=O) groups is 2. The van der Waals surface area contributed by atoms with Gasteiger partial charge in [-0.3, -0.25) is 4.79 Å². The van der Waals surface area contributed by atoms with Crippen LogP contribution in [0.1, 0.15) is 35.5 Å². The molecular weight excluding hydrogens is 344 g/mol. The van der Waals surface area contributed by atoms with Gasteiger partial charge in [0, 0.05) is 0 Å². The van der Waals surface area contributed by atoms with Crippen molar-refractivity contribution >= 4 is 40.2 Å². The molecule has 0 spiro atoms. The van der Waals surface area contributed by atoms with E-state index in [1.807, 2.05) is 42.1 Å². The summed E-state index contributed by atoms with van der Waals surface area (Å²) in [7, 11) is 1.33. The van der Waals surface area contributed by atoms with Crippen LogP contribution in [0, 0.1) is 6.92 Å². The van der Waals surface area contributed by atoms with E-state index < -0.39 is 5.97 Å². The Morgan fingerprint density at radius 2 is 1.96 bits per heavy atom. The van der Waals surface area contributed by atoms with Crippen molar-refractivity contribution in [3.63, 3.8) is 0 Å². The molecule has 2 aromatic heterocycles. The van der Waals surface area contributed by atoms with E-state index in [0.717, 1.165) is 18.5 Å². The second-order valence-corrected chi connectivity index (χ2v) is 6.77. The topological polar surface area (TPSA) is 67.4 Å². The van der Waals surface area contributed by atoms with Crippen LogP contribution in [0.4, 0.5) is 5.69 Å². The predicted octanol–water partition coefficient (Wildman–Crippen LogP) is 3.92. The van der Waals surface area contributed by atoms with Gasteiger partial charge in [0.05, 0.1) is 18.8 Å². The number of anilines is 1. The van der Waals surface area contributed by atoms with Crippen LogP contribution in [0.2, 0.25) is 0 Å². The highest BCUT2D eigenvalue weighted by atomic mass is 32.1. The number of aryl methyl sites for hydroxylation is 1. The summed E-state index contributed by atoms with van der Waals surface area (Å²) in [6.45, 7) is 6.46. The molecule has 0 aliphatic heterocycles. The van der Waals surface area contributed by atoms with Gasteiger partial charge in [-0.15, -0.1) is 11.3 Å². The highest BCUT2D eigenvalue weighted by Gasteiger charge is 2.20. The van der Waals surface area contributed by atoms with Crippen LogP contribution in [0.15, 0.2) is 28.3 Å². The highest BCUT2D eigenvalue weighted by molar-refractivity contribution is 7.12. The maximum Gasteiger partial charge on any atom is 0.350 e. The number of hydrogen-bond donors (Lipinski definition) is 2. The highest BCUT2D eigenvalue weighted by Crippen LogP contribution is 2.28. The first kappa shape index (κ1) is 20.3. The van der Waals surface area contributed by atoms with Crippen LogP contribution in [0.3, 0.4) is 0 Å². The van der Waals surface area contributed by atoms with Crippen molar-refractivity contribution in [1.29, 1.82) is 0 Å². The summed E-state index contributed by atoms with van der Waals surface area (Å²) in [5, 5.41) is 11.8. The lowest BCUT2D eigenvalue weighted by Crippen LogP contribution is -2.38. The maximum absolute atomic E-state index is 12.0. The number of rotatable bonds is 6. The van der Waals surface area contributed by atoms with Crippen molar-refractivity contribution in [2.75, 3.05) is 19.0 Å². The molecule has 0 saturated carbocycles. The summed E-state index contributed by atoms with van der Waals surface area (Å²) < 4.78 is 4.70. The molecule has 0 aliphatic rings. The number of amides is 1. The average molecular weight is 369 g/mol. The Labute approximate surface area is 151 Å². The lowest BCUT2D eigenvalue weighted by Gasteiger charge is -2.14. The normalized spacial score (nSPS) is 11.2. The number of carbonyl (C=O) groups excluding carboxylic acids is 2. The van der Waals surface area contributed by atoms with Crippen molar-refractivity contribution in [3.05, 3.63) is 38.7 Å². The largest absolute Gasteiger partial charge is 0.465 e. The molecule has 2 N–H and O–H groups in total. The number of thiophene rings is 2. The Morgan fingerprint density at radius 1 is 1.29 bits per heavy atom. The molecule has 2 aromatic rings. The van der Waals surface area contributed by atoms with Crippen LogP contribution in [-0.4, -0.2) is 31.6 Å². The Balaban J connectivity index is 0.000000488. The Morgan fingerprint density at radius 3 is 2.46 bits per heavy atom. The molecule has 0 radical (unpaired) electrons. The fourth-order valence-corrected chi connectivity index (χ4v) is 3.13. The molecule has 24 heavy (non-hydrogen) atoms. The molecule has 132 valence electrons. The van der Waals surface area contributed by atoms with E-state index >= 15 is 0 Å². The van der Waals surface area contributed by atoms with E-state index in [-0.39, 0.29) is 11.9 Å². The van der Waals surface area contributed by atoms with E-state index in [2.05, 4.69) is 10.6 Å². The van der Waals surface area contributed by atoms with Crippen molar-refractivity contribution < 1.29 is 14.3 Å². The van der Waals surface area contributed by atoms with Crippen molar-refractivity contribution in [3.8, 4) is 0 Å². The SMILES string of the molecule is CCCNC(C)C(=O)Nc1c(C)csc1C(=O)OC.c1ccsc1. The fourth-order valence-electron chi connectivity index (χ4n) is 1.75. The molecule has 2 rings (SSSR count). The minimum Gasteiger partial charge on any atom is -0.465 e. The lowest BCUT2D eigenvalue weighted by molar-refractivity contribution is -0.117. The molecule has 7 heteroatoms. The van der Waals surface area contributed by atoms with Gasteiger partial charge in [-0.25, -0.2) is 4.79 Å². The number of hydrogen-bond acceptors (Lipinski definition) is 6. The summed E-state index contributed by atoms with van der Waals surface area (Å²) >= 11 is 2.98. The van der Waals surface area contributed by atoms with Gasteiger partial charge >= 0.3 is 5.97 Å². The van der Waals surface area contributed by atoms with E-state index in [4.69, 9.17) is 4.74 Å². The Bertz CT molecular complexity index is 607. The van der Waals surface area contributed by atoms with Gasteiger partial charge in [0.15, 0.2) is 0 Å².